The van der Waals surface area contributed by atoms with Crippen molar-refractivity contribution in [2.75, 3.05) is 0 Å². The summed E-state index contributed by atoms with van der Waals surface area (Å²) < 4.78 is 0. The van der Waals surface area contributed by atoms with Gasteiger partial charge in [0, 0.05) is 23.3 Å². The summed E-state index contributed by atoms with van der Waals surface area (Å²) in [4.78, 5) is 16.2. The zero-order chi connectivity index (χ0) is 11.2. The molecule has 0 bridgehead atoms. The molecule has 0 unspecified atom stereocenters. The minimum atomic E-state index is -0.600. The first-order chi connectivity index (χ1) is 7.71. The molecule has 0 amide bonds. The molecule has 0 atom stereocenters. The highest BCUT2D eigenvalue weighted by Gasteiger charge is 2.46. The van der Waals surface area contributed by atoms with Gasteiger partial charge in [-0.05, 0) is 24.3 Å². The molecule has 3 heteroatoms. The molecule has 0 radical (unpaired) electrons. The SMILES string of the molecule is NC1(C(=O)c2cccc3cnccc23)CC1. The summed E-state index contributed by atoms with van der Waals surface area (Å²) in [6, 6.07) is 7.55. The van der Waals surface area contributed by atoms with Gasteiger partial charge < -0.3 is 5.73 Å². The smallest absolute Gasteiger partial charge is 0.183 e. The monoisotopic (exact) mass is 212 g/mol. The van der Waals surface area contributed by atoms with Crippen LogP contribution in [-0.4, -0.2) is 16.3 Å². The van der Waals surface area contributed by atoms with E-state index in [0.29, 0.717) is 0 Å². The van der Waals surface area contributed by atoms with Crippen molar-refractivity contribution in [2.24, 2.45) is 5.73 Å². The Morgan fingerprint density at radius 1 is 1.31 bits per heavy atom. The number of carbonyl (C=O) groups is 1. The zero-order valence-electron chi connectivity index (χ0n) is 8.81. The van der Waals surface area contributed by atoms with E-state index in [1.54, 1.807) is 12.4 Å². The molecule has 1 aromatic heterocycles. The van der Waals surface area contributed by atoms with Crippen LogP contribution in [0.5, 0.6) is 0 Å². The number of Topliss-reactive ketones (excluding diaryl/α,β-unsaturated/α-hetero) is 1. The van der Waals surface area contributed by atoms with Gasteiger partial charge in [-0.1, -0.05) is 18.2 Å². The molecule has 2 aromatic rings. The average molecular weight is 212 g/mol. The molecule has 1 fully saturated rings. The zero-order valence-corrected chi connectivity index (χ0v) is 8.81. The summed E-state index contributed by atoms with van der Waals surface area (Å²) in [5, 5.41) is 1.93. The fourth-order valence-corrected chi connectivity index (χ4v) is 1.95. The van der Waals surface area contributed by atoms with Crippen LogP contribution in [0.3, 0.4) is 0 Å². The molecule has 16 heavy (non-hydrogen) atoms. The van der Waals surface area contributed by atoms with Crippen LogP contribution in [0.1, 0.15) is 23.2 Å². The highest BCUT2D eigenvalue weighted by molar-refractivity contribution is 6.13. The van der Waals surface area contributed by atoms with Gasteiger partial charge in [0.1, 0.15) is 0 Å². The highest BCUT2D eigenvalue weighted by atomic mass is 16.1. The van der Waals surface area contributed by atoms with E-state index < -0.39 is 5.54 Å². The van der Waals surface area contributed by atoms with Crippen molar-refractivity contribution in [3.05, 3.63) is 42.2 Å². The van der Waals surface area contributed by atoms with Crippen molar-refractivity contribution in [3.8, 4) is 0 Å². The van der Waals surface area contributed by atoms with Crippen molar-refractivity contribution in [2.45, 2.75) is 18.4 Å². The minimum absolute atomic E-state index is 0.0595. The fourth-order valence-electron chi connectivity index (χ4n) is 1.95. The quantitative estimate of drug-likeness (QED) is 0.773. The Hall–Kier alpha value is -1.74. The number of rotatable bonds is 2. The van der Waals surface area contributed by atoms with E-state index in [9.17, 15) is 4.79 Å². The van der Waals surface area contributed by atoms with Crippen molar-refractivity contribution in [1.82, 2.24) is 4.98 Å². The lowest BCUT2D eigenvalue weighted by Crippen LogP contribution is -2.32. The van der Waals surface area contributed by atoms with E-state index in [4.69, 9.17) is 5.73 Å². The molecule has 3 nitrogen and oxygen atoms in total. The van der Waals surface area contributed by atoms with Gasteiger partial charge >= 0.3 is 0 Å². The number of pyridine rings is 1. The third-order valence-electron chi connectivity index (χ3n) is 3.17. The van der Waals surface area contributed by atoms with E-state index in [1.807, 2.05) is 24.3 Å². The van der Waals surface area contributed by atoms with Gasteiger partial charge in [0.2, 0.25) is 0 Å². The van der Waals surface area contributed by atoms with Gasteiger partial charge in [-0.3, -0.25) is 9.78 Å². The Bertz CT molecular complexity index is 568. The first kappa shape index (κ1) is 9.48. The molecule has 1 aliphatic rings. The van der Waals surface area contributed by atoms with Gasteiger partial charge in [0.15, 0.2) is 5.78 Å². The van der Waals surface area contributed by atoms with E-state index in [-0.39, 0.29) is 5.78 Å². The number of benzene rings is 1. The largest absolute Gasteiger partial charge is 0.319 e. The number of nitrogens with two attached hydrogens (primary N) is 1. The first-order valence-electron chi connectivity index (χ1n) is 5.37. The van der Waals surface area contributed by atoms with Crippen LogP contribution in [-0.2, 0) is 0 Å². The second-order valence-corrected chi connectivity index (χ2v) is 4.39. The molecular weight excluding hydrogens is 200 g/mol. The number of ketones is 1. The van der Waals surface area contributed by atoms with Crippen molar-refractivity contribution in [1.29, 1.82) is 0 Å². The maximum atomic E-state index is 12.2. The van der Waals surface area contributed by atoms with Gasteiger partial charge in [0.25, 0.3) is 0 Å². The predicted molar refractivity (Wildman–Crippen MR) is 62.2 cm³/mol. The standard InChI is InChI=1S/C13H12N2O/c14-13(5-6-13)12(16)11-3-1-2-9-8-15-7-4-10(9)11/h1-4,7-8H,5-6,14H2. The fraction of sp³-hybridized carbons (Fsp3) is 0.231. The summed E-state index contributed by atoms with van der Waals surface area (Å²) in [5.41, 5.74) is 6.07. The molecule has 1 aromatic carbocycles. The van der Waals surface area contributed by atoms with Crippen molar-refractivity contribution in [3.63, 3.8) is 0 Å². The van der Waals surface area contributed by atoms with Crippen LogP contribution < -0.4 is 5.73 Å². The number of hydrogen-bond donors (Lipinski definition) is 1. The number of carbonyl (C=O) groups excluding carboxylic acids is 1. The Labute approximate surface area is 93.3 Å². The Morgan fingerprint density at radius 3 is 2.88 bits per heavy atom. The molecule has 1 heterocycles. The molecule has 0 saturated heterocycles. The number of hydrogen-bond acceptors (Lipinski definition) is 3. The topological polar surface area (TPSA) is 56.0 Å². The van der Waals surface area contributed by atoms with Crippen molar-refractivity contribution < 1.29 is 4.79 Å². The second-order valence-electron chi connectivity index (χ2n) is 4.39. The number of aromatic nitrogens is 1. The molecule has 1 aliphatic carbocycles. The second kappa shape index (κ2) is 3.12. The van der Waals surface area contributed by atoms with Crippen LogP contribution >= 0.6 is 0 Å². The average Bonchev–Trinajstić information content (AvgIpc) is 3.07. The Kier molecular flexibility index (Phi) is 1.85. The van der Waals surface area contributed by atoms with E-state index in [1.165, 1.54) is 0 Å². The lowest BCUT2D eigenvalue weighted by atomic mass is 9.98. The van der Waals surface area contributed by atoms with Crippen molar-refractivity contribution >= 4 is 16.6 Å². The summed E-state index contributed by atoms with van der Waals surface area (Å²) in [7, 11) is 0. The molecule has 80 valence electrons. The van der Waals surface area contributed by atoms with Gasteiger partial charge in [0.05, 0.1) is 5.54 Å². The Morgan fingerprint density at radius 2 is 2.12 bits per heavy atom. The van der Waals surface area contributed by atoms with Gasteiger partial charge in [-0.2, -0.15) is 0 Å². The molecule has 2 N–H and O–H groups in total. The highest BCUT2D eigenvalue weighted by Crippen LogP contribution is 2.36. The van der Waals surface area contributed by atoms with Crippen LogP contribution in [0, 0.1) is 0 Å². The summed E-state index contributed by atoms with van der Waals surface area (Å²) >= 11 is 0. The molecule has 0 aliphatic heterocycles. The van der Waals surface area contributed by atoms with E-state index in [2.05, 4.69) is 4.98 Å². The van der Waals surface area contributed by atoms with E-state index in [0.717, 1.165) is 29.2 Å². The third-order valence-corrected chi connectivity index (χ3v) is 3.17. The predicted octanol–water partition coefficient (Wildman–Crippen LogP) is 1.91. The number of nitrogens with zero attached hydrogens (tertiary/aromatic N) is 1. The van der Waals surface area contributed by atoms with Crippen LogP contribution in [0.25, 0.3) is 10.8 Å². The summed E-state index contributed by atoms with van der Waals surface area (Å²) in [5.74, 6) is 0.0595. The maximum absolute atomic E-state index is 12.2. The van der Waals surface area contributed by atoms with Crippen LogP contribution in [0.15, 0.2) is 36.7 Å². The normalized spacial score (nSPS) is 17.3. The molecule has 1 saturated carbocycles. The summed E-state index contributed by atoms with van der Waals surface area (Å²) in [6.45, 7) is 0. The maximum Gasteiger partial charge on any atom is 0.183 e. The lowest BCUT2D eigenvalue weighted by molar-refractivity contribution is 0.0951. The third kappa shape index (κ3) is 1.32. The minimum Gasteiger partial charge on any atom is -0.319 e. The lowest BCUT2D eigenvalue weighted by Gasteiger charge is -2.09. The number of fused-ring (bicyclic) bond motifs is 1. The Balaban J connectivity index is 2.20. The summed E-state index contributed by atoms with van der Waals surface area (Å²) in [6.07, 6.45) is 5.07. The van der Waals surface area contributed by atoms with Crippen LogP contribution in [0.4, 0.5) is 0 Å². The molecule has 3 rings (SSSR count). The molecular formula is C13H12N2O. The van der Waals surface area contributed by atoms with Crippen LogP contribution in [0.2, 0.25) is 0 Å². The van der Waals surface area contributed by atoms with E-state index >= 15 is 0 Å². The van der Waals surface area contributed by atoms with Gasteiger partial charge in [-0.15, -0.1) is 0 Å². The first-order valence-corrected chi connectivity index (χ1v) is 5.37. The van der Waals surface area contributed by atoms with Gasteiger partial charge in [-0.25, -0.2) is 0 Å². The molecule has 0 spiro atoms.